The van der Waals surface area contributed by atoms with Crippen LogP contribution in [0.5, 0.6) is 0 Å². The summed E-state index contributed by atoms with van der Waals surface area (Å²) in [6, 6.07) is 0. The molecule has 0 radical (unpaired) electrons. The molecule has 0 unspecified atom stereocenters. The van der Waals surface area contributed by atoms with Crippen LogP contribution in [0.3, 0.4) is 0 Å². The van der Waals surface area contributed by atoms with Crippen molar-refractivity contribution in [2.45, 2.75) is 27.3 Å². The van der Waals surface area contributed by atoms with Gasteiger partial charge in [-0.1, -0.05) is 20.8 Å². The lowest BCUT2D eigenvalue weighted by Gasteiger charge is -2.30. The SMILES string of the molecule is CCN(Cc1nc(N)nc(N)n1)CC(C)(C)CN. The Kier molecular flexibility index (Phi) is 4.80. The Morgan fingerprint density at radius 1 is 1.11 bits per heavy atom. The van der Waals surface area contributed by atoms with Crippen molar-refractivity contribution in [3.8, 4) is 0 Å². The molecule has 1 aromatic rings. The summed E-state index contributed by atoms with van der Waals surface area (Å²) in [6.45, 7) is 9.32. The van der Waals surface area contributed by atoms with Gasteiger partial charge in [-0.25, -0.2) is 0 Å². The first-order valence-electron chi connectivity index (χ1n) is 6.04. The Labute approximate surface area is 108 Å². The van der Waals surface area contributed by atoms with Crippen molar-refractivity contribution < 1.29 is 0 Å². The number of anilines is 2. The first kappa shape index (κ1) is 14.6. The van der Waals surface area contributed by atoms with Gasteiger partial charge in [-0.05, 0) is 18.5 Å². The van der Waals surface area contributed by atoms with Crippen molar-refractivity contribution >= 4 is 11.9 Å². The molecular formula is C11H23N7. The first-order valence-corrected chi connectivity index (χ1v) is 6.04. The van der Waals surface area contributed by atoms with E-state index in [0.29, 0.717) is 18.9 Å². The van der Waals surface area contributed by atoms with Crippen LogP contribution in [0.1, 0.15) is 26.6 Å². The summed E-state index contributed by atoms with van der Waals surface area (Å²) in [6.07, 6.45) is 0. The van der Waals surface area contributed by atoms with Crippen LogP contribution in [0, 0.1) is 5.41 Å². The topological polar surface area (TPSA) is 120 Å². The highest BCUT2D eigenvalue weighted by atomic mass is 15.2. The number of hydrogen-bond acceptors (Lipinski definition) is 7. The molecule has 0 aliphatic rings. The van der Waals surface area contributed by atoms with Crippen molar-refractivity contribution in [1.82, 2.24) is 19.9 Å². The average molecular weight is 253 g/mol. The van der Waals surface area contributed by atoms with Gasteiger partial charge in [0.15, 0.2) is 0 Å². The molecule has 1 rings (SSSR count). The zero-order valence-electron chi connectivity index (χ0n) is 11.3. The predicted octanol–water partition coefficient (Wildman–Crippen LogP) is -0.157. The lowest BCUT2D eigenvalue weighted by Crippen LogP contribution is -2.38. The lowest BCUT2D eigenvalue weighted by atomic mass is 9.93. The molecular weight excluding hydrogens is 230 g/mol. The minimum atomic E-state index is 0.0557. The first-order chi connectivity index (χ1) is 8.36. The van der Waals surface area contributed by atoms with Crippen molar-refractivity contribution in [2.24, 2.45) is 11.1 Å². The third kappa shape index (κ3) is 4.42. The molecule has 0 fully saturated rings. The summed E-state index contributed by atoms with van der Waals surface area (Å²) in [5.41, 5.74) is 16.9. The van der Waals surface area contributed by atoms with Crippen LogP contribution in [0.15, 0.2) is 0 Å². The number of rotatable bonds is 6. The minimum Gasteiger partial charge on any atom is -0.368 e. The molecule has 6 N–H and O–H groups in total. The molecule has 0 atom stereocenters. The van der Waals surface area contributed by atoms with Crippen LogP contribution in [-0.4, -0.2) is 39.5 Å². The molecule has 0 amide bonds. The van der Waals surface area contributed by atoms with Gasteiger partial charge in [0, 0.05) is 6.54 Å². The molecule has 102 valence electrons. The highest BCUT2D eigenvalue weighted by Gasteiger charge is 2.20. The summed E-state index contributed by atoms with van der Waals surface area (Å²) in [4.78, 5) is 14.1. The number of nitrogens with zero attached hydrogens (tertiary/aromatic N) is 4. The van der Waals surface area contributed by atoms with E-state index in [1.165, 1.54) is 0 Å². The quantitative estimate of drug-likeness (QED) is 0.644. The van der Waals surface area contributed by atoms with Crippen LogP contribution >= 0.6 is 0 Å². The molecule has 1 heterocycles. The van der Waals surface area contributed by atoms with E-state index in [1.807, 2.05) is 0 Å². The summed E-state index contributed by atoms with van der Waals surface area (Å²) in [5.74, 6) is 0.910. The van der Waals surface area contributed by atoms with Gasteiger partial charge in [0.2, 0.25) is 11.9 Å². The zero-order chi connectivity index (χ0) is 13.8. The van der Waals surface area contributed by atoms with Gasteiger partial charge in [0.1, 0.15) is 5.82 Å². The molecule has 1 aromatic heterocycles. The number of hydrogen-bond donors (Lipinski definition) is 3. The van der Waals surface area contributed by atoms with E-state index in [9.17, 15) is 0 Å². The molecule has 0 saturated carbocycles. The Morgan fingerprint density at radius 3 is 2.11 bits per heavy atom. The lowest BCUT2D eigenvalue weighted by molar-refractivity contribution is 0.180. The maximum Gasteiger partial charge on any atom is 0.225 e. The van der Waals surface area contributed by atoms with Gasteiger partial charge in [-0.15, -0.1) is 0 Å². The van der Waals surface area contributed by atoms with E-state index < -0.39 is 0 Å². The zero-order valence-corrected chi connectivity index (χ0v) is 11.3. The monoisotopic (exact) mass is 253 g/mol. The number of nitrogen functional groups attached to an aromatic ring is 2. The fourth-order valence-corrected chi connectivity index (χ4v) is 1.68. The van der Waals surface area contributed by atoms with E-state index in [1.54, 1.807) is 0 Å². The van der Waals surface area contributed by atoms with Crippen LogP contribution < -0.4 is 17.2 Å². The summed E-state index contributed by atoms with van der Waals surface area (Å²) >= 11 is 0. The molecule has 0 saturated heterocycles. The van der Waals surface area contributed by atoms with Crippen molar-refractivity contribution in [3.63, 3.8) is 0 Å². The van der Waals surface area contributed by atoms with E-state index in [0.717, 1.165) is 13.1 Å². The molecule has 0 aliphatic carbocycles. The van der Waals surface area contributed by atoms with Crippen LogP contribution in [-0.2, 0) is 6.54 Å². The summed E-state index contributed by atoms with van der Waals surface area (Å²) in [5, 5.41) is 0. The molecule has 0 aromatic carbocycles. The fraction of sp³-hybridized carbons (Fsp3) is 0.727. The molecule has 0 spiro atoms. The maximum atomic E-state index is 5.74. The summed E-state index contributed by atoms with van der Waals surface area (Å²) in [7, 11) is 0. The summed E-state index contributed by atoms with van der Waals surface area (Å²) < 4.78 is 0. The van der Waals surface area contributed by atoms with Crippen molar-refractivity contribution in [3.05, 3.63) is 5.82 Å². The molecule has 7 heteroatoms. The van der Waals surface area contributed by atoms with E-state index in [-0.39, 0.29) is 17.3 Å². The highest BCUT2D eigenvalue weighted by Crippen LogP contribution is 2.16. The van der Waals surface area contributed by atoms with E-state index >= 15 is 0 Å². The van der Waals surface area contributed by atoms with Crippen LogP contribution in [0.2, 0.25) is 0 Å². The minimum absolute atomic E-state index is 0.0557. The van der Waals surface area contributed by atoms with Gasteiger partial charge < -0.3 is 17.2 Å². The van der Waals surface area contributed by atoms with Crippen molar-refractivity contribution in [1.29, 1.82) is 0 Å². The standard InChI is InChI=1S/C11H23N7/c1-4-18(7-11(2,3)6-12)5-8-15-9(13)17-10(14)16-8/h4-7,12H2,1-3H3,(H4,13,14,15,16,17). The number of nitrogens with two attached hydrogens (primary N) is 3. The Bertz CT molecular complexity index is 371. The van der Waals surface area contributed by atoms with Gasteiger partial charge in [0.05, 0.1) is 6.54 Å². The fourth-order valence-electron chi connectivity index (χ4n) is 1.68. The Morgan fingerprint density at radius 2 is 1.67 bits per heavy atom. The smallest absolute Gasteiger partial charge is 0.225 e. The second-order valence-corrected chi connectivity index (χ2v) is 5.14. The molecule has 0 aliphatic heterocycles. The third-order valence-electron chi connectivity index (χ3n) is 2.73. The largest absolute Gasteiger partial charge is 0.368 e. The van der Waals surface area contributed by atoms with Crippen molar-refractivity contribution in [2.75, 3.05) is 31.1 Å². The second kappa shape index (κ2) is 5.92. The molecule has 7 nitrogen and oxygen atoms in total. The maximum absolute atomic E-state index is 5.74. The van der Waals surface area contributed by atoms with Gasteiger partial charge >= 0.3 is 0 Å². The van der Waals surface area contributed by atoms with Crippen LogP contribution in [0.4, 0.5) is 11.9 Å². The Balaban J connectivity index is 2.73. The van der Waals surface area contributed by atoms with Gasteiger partial charge in [0.25, 0.3) is 0 Å². The Hall–Kier alpha value is -1.47. The second-order valence-electron chi connectivity index (χ2n) is 5.14. The van der Waals surface area contributed by atoms with E-state index in [4.69, 9.17) is 17.2 Å². The van der Waals surface area contributed by atoms with E-state index in [2.05, 4.69) is 40.6 Å². The number of aromatic nitrogens is 3. The average Bonchev–Trinajstić information content (AvgIpc) is 2.26. The highest BCUT2D eigenvalue weighted by molar-refractivity contribution is 5.25. The molecule has 0 bridgehead atoms. The normalized spacial score (nSPS) is 12.1. The van der Waals surface area contributed by atoms with Crippen LogP contribution in [0.25, 0.3) is 0 Å². The van der Waals surface area contributed by atoms with Gasteiger partial charge in [-0.2, -0.15) is 15.0 Å². The predicted molar refractivity (Wildman–Crippen MR) is 72.4 cm³/mol. The molecule has 18 heavy (non-hydrogen) atoms. The third-order valence-corrected chi connectivity index (χ3v) is 2.73. The van der Waals surface area contributed by atoms with Gasteiger partial charge in [-0.3, -0.25) is 4.90 Å².